The summed E-state index contributed by atoms with van der Waals surface area (Å²) < 4.78 is 5.10. The molecule has 2 atom stereocenters. The molecule has 17 heavy (non-hydrogen) atoms. The van der Waals surface area contributed by atoms with Gasteiger partial charge in [-0.1, -0.05) is 12.2 Å². The number of carbonyl (C=O) groups is 2. The molecule has 2 unspecified atom stereocenters. The molecule has 1 aliphatic carbocycles. The molecule has 5 heteroatoms. The van der Waals surface area contributed by atoms with Crippen LogP contribution in [0.5, 0.6) is 0 Å². The summed E-state index contributed by atoms with van der Waals surface area (Å²) in [6.07, 6.45) is 6.74. The van der Waals surface area contributed by atoms with Crippen LogP contribution in [0.4, 0.5) is 0 Å². The average molecular weight is 239 g/mol. The Labute approximate surface area is 99.8 Å². The van der Waals surface area contributed by atoms with Gasteiger partial charge in [-0.2, -0.15) is 0 Å². The number of carboxylic acids is 1. The van der Waals surface area contributed by atoms with Crippen LogP contribution in [0.25, 0.3) is 0 Å². The summed E-state index contributed by atoms with van der Waals surface area (Å²) in [5.41, 5.74) is -1.21. The van der Waals surface area contributed by atoms with Gasteiger partial charge in [0, 0.05) is 18.9 Å². The van der Waals surface area contributed by atoms with Crippen molar-refractivity contribution in [2.24, 2.45) is 5.92 Å². The fraction of sp³-hybridized carbons (Fsp3) is 0.667. The highest BCUT2D eigenvalue weighted by molar-refractivity contribution is 5.88. The normalized spacial score (nSPS) is 32.4. The maximum absolute atomic E-state index is 12.0. The van der Waals surface area contributed by atoms with Gasteiger partial charge < -0.3 is 15.2 Å². The molecule has 1 fully saturated rings. The van der Waals surface area contributed by atoms with Crippen molar-refractivity contribution in [3.05, 3.63) is 12.2 Å². The number of carboxylic acid groups (broad SMARTS) is 1. The zero-order valence-corrected chi connectivity index (χ0v) is 9.65. The number of allylic oxidation sites excluding steroid dienone is 2. The monoisotopic (exact) mass is 239 g/mol. The Kier molecular flexibility index (Phi) is 3.47. The average Bonchev–Trinajstić information content (AvgIpc) is 2.80. The second-order valence-corrected chi connectivity index (χ2v) is 4.66. The summed E-state index contributed by atoms with van der Waals surface area (Å²) >= 11 is 0. The molecule has 0 radical (unpaired) electrons. The fourth-order valence-electron chi connectivity index (χ4n) is 2.26. The molecule has 1 amide bonds. The molecule has 5 nitrogen and oxygen atoms in total. The highest BCUT2D eigenvalue weighted by Crippen LogP contribution is 2.23. The largest absolute Gasteiger partial charge is 0.479 e. The SMILES string of the molecule is O=C(NC1(C(=O)O)CCOC1)C1CC=CCC1. The first-order valence-corrected chi connectivity index (χ1v) is 5.92. The first-order valence-electron chi connectivity index (χ1n) is 5.92. The molecule has 2 rings (SSSR count). The van der Waals surface area contributed by atoms with E-state index in [0.717, 1.165) is 12.8 Å². The molecule has 0 aromatic carbocycles. The van der Waals surface area contributed by atoms with Crippen molar-refractivity contribution in [3.8, 4) is 0 Å². The molecule has 2 N–H and O–H groups in total. The van der Waals surface area contributed by atoms with Gasteiger partial charge in [0.2, 0.25) is 5.91 Å². The first kappa shape index (κ1) is 12.1. The quantitative estimate of drug-likeness (QED) is 0.711. The van der Waals surface area contributed by atoms with Gasteiger partial charge in [0.25, 0.3) is 0 Å². The number of aliphatic carboxylic acids is 1. The van der Waals surface area contributed by atoms with Crippen LogP contribution < -0.4 is 5.32 Å². The van der Waals surface area contributed by atoms with Crippen molar-refractivity contribution in [2.45, 2.75) is 31.2 Å². The van der Waals surface area contributed by atoms with E-state index >= 15 is 0 Å². The van der Waals surface area contributed by atoms with Crippen LogP contribution >= 0.6 is 0 Å². The van der Waals surface area contributed by atoms with Crippen molar-refractivity contribution in [1.29, 1.82) is 0 Å². The lowest BCUT2D eigenvalue weighted by Gasteiger charge is -2.27. The van der Waals surface area contributed by atoms with Crippen LogP contribution in [-0.2, 0) is 14.3 Å². The molecule has 0 spiro atoms. The lowest BCUT2D eigenvalue weighted by Crippen LogP contribution is -2.56. The predicted molar refractivity (Wildman–Crippen MR) is 60.4 cm³/mol. The third kappa shape index (κ3) is 2.49. The lowest BCUT2D eigenvalue weighted by molar-refractivity contribution is -0.148. The minimum atomic E-state index is -1.21. The Bertz CT molecular complexity index is 344. The Balaban J connectivity index is 2.00. The molecule has 94 valence electrons. The third-order valence-electron chi connectivity index (χ3n) is 3.43. The number of hydrogen-bond acceptors (Lipinski definition) is 3. The van der Waals surface area contributed by atoms with E-state index in [1.807, 2.05) is 6.08 Å². The van der Waals surface area contributed by atoms with E-state index < -0.39 is 11.5 Å². The molecule has 0 aromatic rings. The van der Waals surface area contributed by atoms with Crippen LogP contribution in [0.1, 0.15) is 25.7 Å². The number of rotatable bonds is 3. The second-order valence-electron chi connectivity index (χ2n) is 4.66. The summed E-state index contributed by atoms with van der Waals surface area (Å²) in [5.74, 6) is -1.27. The lowest BCUT2D eigenvalue weighted by atomic mass is 9.91. The van der Waals surface area contributed by atoms with E-state index in [2.05, 4.69) is 11.4 Å². The molecule has 0 bridgehead atoms. The molecule has 0 saturated carbocycles. The number of ether oxygens (including phenoxy) is 1. The zero-order valence-electron chi connectivity index (χ0n) is 9.65. The van der Waals surface area contributed by atoms with E-state index in [0.29, 0.717) is 19.4 Å². The standard InChI is InChI=1S/C12H17NO4/c14-10(9-4-2-1-3-5-9)13-12(11(15)16)6-7-17-8-12/h1-2,9H,3-8H2,(H,13,14)(H,15,16). The van der Waals surface area contributed by atoms with E-state index in [1.54, 1.807) is 0 Å². The predicted octanol–water partition coefficient (Wildman–Crippen LogP) is 0.703. The van der Waals surface area contributed by atoms with Crippen molar-refractivity contribution in [3.63, 3.8) is 0 Å². The van der Waals surface area contributed by atoms with Gasteiger partial charge in [-0.15, -0.1) is 0 Å². The number of nitrogens with one attached hydrogen (secondary N) is 1. The Morgan fingerprint density at radius 2 is 2.24 bits per heavy atom. The first-order chi connectivity index (χ1) is 8.14. The van der Waals surface area contributed by atoms with Crippen LogP contribution in [0.3, 0.4) is 0 Å². The molecular formula is C12H17NO4. The Morgan fingerprint density at radius 3 is 2.76 bits per heavy atom. The smallest absolute Gasteiger partial charge is 0.331 e. The van der Waals surface area contributed by atoms with Gasteiger partial charge in [0.1, 0.15) is 0 Å². The van der Waals surface area contributed by atoms with Crippen molar-refractivity contribution in [2.75, 3.05) is 13.2 Å². The van der Waals surface area contributed by atoms with Crippen LogP contribution in [-0.4, -0.2) is 35.7 Å². The van der Waals surface area contributed by atoms with Crippen molar-refractivity contribution in [1.82, 2.24) is 5.32 Å². The highest BCUT2D eigenvalue weighted by atomic mass is 16.5. The van der Waals surface area contributed by atoms with Gasteiger partial charge in [0.05, 0.1) is 6.61 Å². The minimum absolute atomic E-state index is 0.0661. The number of amides is 1. The fourth-order valence-corrected chi connectivity index (χ4v) is 2.26. The van der Waals surface area contributed by atoms with Gasteiger partial charge in [-0.05, 0) is 19.3 Å². The summed E-state index contributed by atoms with van der Waals surface area (Å²) in [7, 11) is 0. The molecule has 1 saturated heterocycles. The van der Waals surface area contributed by atoms with Crippen LogP contribution in [0.15, 0.2) is 12.2 Å². The molecule has 1 aliphatic heterocycles. The van der Waals surface area contributed by atoms with Gasteiger partial charge in [-0.3, -0.25) is 4.79 Å². The summed E-state index contributed by atoms with van der Waals surface area (Å²) in [5, 5.41) is 11.9. The van der Waals surface area contributed by atoms with E-state index in [1.165, 1.54) is 0 Å². The molecule has 0 aromatic heterocycles. The number of carbonyl (C=O) groups excluding carboxylic acids is 1. The highest BCUT2D eigenvalue weighted by Gasteiger charge is 2.44. The summed E-state index contributed by atoms with van der Waals surface area (Å²) in [6.45, 7) is 0.452. The maximum Gasteiger partial charge on any atom is 0.331 e. The van der Waals surface area contributed by atoms with Gasteiger partial charge >= 0.3 is 5.97 Å². The van der Waals surface area contributed by atoms with Crippen molar-refractivity contribution < 1.29 is 19.4 Å². The topological polar surface area (TPSA) is 75.6 Å². The Hall–Kier alpha value is -1.36. The van der Waals surface area contributed by atoms with E-state index in [4.69, 9.17) is 4.74 Å². The van der Waals surface area contributed by atoms with Gasteiger partial charge in [0.15, 0.2) is 5.54 Å². The summed E-state index contributed by atoms with van der Waals surface area (Å²) in [4.78, 5) is 23.2. The maximum atomic E-state index is 12.0. The molecule has 2 aliphatic rings. The van der Waals surface area contributed by atoms with Crippen molar-refractivity contribution >= 4 is 11.9 Å². The van der Waals surface area contributed by atoms with Crippen LogP contribution in [0.2, 0.25) is 0 Å². The molecular weight excluding hydrogens is 222 g/mol. The summed E-state index contributed by atoms with van der Waals surface area (Å²) in [6, 6.07) is 0. The van der Waals surface area contributed by atoms with Crippen LogP contribution in [0, 0.1) is 5.92 Å². The Morgan fingerprint density at radius 1 is 1.41 bits per heavy atom. The number of hydrogen-bond donors (Lipinski definition) is 2. The second kappa shape index (κ2) is 4.87. The molecule has 1 heterocycles. The van der Waals surface area contributed by atoms with E-state index in [9.17, 15) is 14.7 Å². The minimum Gasteiger partial charge on any atom is -0.479 e. The third-order valence-corrected chi connectivity index (χ3v) is 3.43. The van der Waals surface area contributed by atoms with Gasteiger partial charge in [-0.25, -0.2) is 4.79 Å². The zero-order chi connectivity index (χ0) is 12.3. The van der Waals surface area contributed by atoms with E-state index in [-0.39, 0.29) is 18.4 Å².